The molecule has 0 aliphatic carbocycles. The number of hydrogen-bond donors (Lipinski definition) is 1. The lowest BCUT2D eigenvalue weighted by molar-refractivity contribution is -0.129. The minimum atomic E-state index is 0. The molecule has 0 saturated carbocycles. The van der Waals surface area contributed by atoms with Crippen LogP contribution in [0.4, 0.5) is 0 Å². The molecule has 0 aromatic heterocycles. The minimum absolute atomic E-state index is 0. The highest BCUT2D eigenvalue weighted by Crippen LogP contribution is 2.18. The fourth-order valence-corrected chi connectivity index (χ4v) is 3.40. The number of piperazine rings is 1. The zero-order chi connectivity index (χ0) is 14.7. The Labute approximate surface area is 139 Å². The van der Waals surface area contributed by atoms with E-state index in [-0.39, 0.29) is 18.3 Å². The van der Waals surface area contributed by atoms with Crippen molar-refractivity contribution < 1.29 is 4.79 Å². The van der Waals surface area contributed by atoms with Crippen LogP contribution in [-0.4, -0.2) is 61.0 Å². The maximum atomic E-state index is 12.5. The Kier molecular flexibility index (Phi) is 6.24. The average molecular weight is 324 g/mol. The largest absolute Gasteiger partial charge is 0.341 e. The van der Waals surface area contributed by atoms with Gasteiger partial charge in [0.2, 0.25) is 5.91 Å². The Balaban J connectivity index is 0.00000176. The van der Waals surface area contributed by atoms with E-state index in [0.29, 0.717) is 12.5 Å². The first-order chi connectivity index (χ1) is 10.2. The number of carbonyl (C=O) groups excluding carboxylic acids is 1. The quantitative estimate of drug-likeness (QED) is 0.915. The molecule has 0 spiro atoms. The predicted molar refractivity (Wildman–Crippen MR) is 91.6 cm³/mol. The van der Waals surface area contributed by atoms with Gasteiger partial charge in [-0.15, -0.1) is 12.4 Å². The van der Waals surface area contributed by atoms with E-state index >= 15 is 0 Å². The molecule has 2 fully saturated rings. The van der Waals surface area contributed by atoms with Crippen LogP contribution < -0.4 is 5.32 Å². The Morgan fingerprint density at radius 2 is 1.95 bits per heavy atom. The van der Waals surface area contributed by atoms with Crippen LogP contribution in [0, 0.1) is 6.92 Å². The van der Waals surface area contributed by atoms with Gasteiger partial charge in [0.15, 0.2) is 0 Å². The Hall–Kier alpha value is -1.10. The summed E-state index contributed by atoms with van der Waals surface area (Å²) >= 11 is 0. The molecule has 2 aliphatic rings. The third-order valence-corrected chi connectivity index (χ3v) is 4.79. The summed E-state index contributed by atoms with van der Waals surface area (Å²) in [6.07, 6.45) is 1.67. The number of rotatable bonds is 3. The summed E-state index contributed by atoms with van der Waals surface area (Å²) in [6, 6.07) is 8.75. The highest BCUT2D eigenvalue weighted by atomic mass is 35.5. The second kappa shape index (κ2) is 7.95. The summed E-state index contributed by atoms with van der Waals surface area (Å²) < 4.78 is 0. The first-order valence-corrected chi connectivity index (χ1v) is 8.01. The maximum Gasteiger partial charge on any atom is 0.227 e. The van der Waals surface area contributed by atoms with Crippen molar-refractivity contribution in [1.82, 2.24) is 15.1 Å². The molecule has 1 unspecified atom stereocenters. The maximum absolute atomic E-state index is 12.5. The van der Waals surface area contributed by atoms with E-state index in [1.165, 1.54) is 5.56 Å². The fraction of sp³-hybridized carbons (Fsp3) is 0.588. The predicted octanol–water partition coefficient (Wildman–Crippen LogP) is 1.47. The summed E-state index contributed by atoms with van der Waals surface area (Å²) in [4.78, 5) is 17.1. The molecular formula is C17H26ClN3O. The molecule has 22 heavy (non-hydrogen) atoms. The Morgan fingerprint density at radius 3 is 2.68 bits per heavy atom. The van der Waals surface area contributed by atoms with E-state index in [1.807, 2.05) is 12.1 Å². The molecule has 3 rings (SSSR count). The van der Waals surface area contributed by atoms with E-state index in [1.54, 1.807) is 0 Å². The fourth-order valence-electron chi connectivity index (χ4n) is 3.40. The number of carbonyl (C=O) groups is 1. The zero-order valence-electron chi connectivity index (χ0n) is 13.3. The molecule has 4 nitrogen and oxygen atoms in total. The molecule has 1 aromatic rings. The van der Waals surface area contributed by atoms with Gasteiger partial charge in [-0.1, -0.05) is 24.3 Å². The van der Waals surface area contributed by atoms with Crippen LogP contribution in [0.1, 0.15) is 17.5 Å². The van der Waals surface area contributed by atoms with Gasteiger partial charge in [-0.3, -0.25) is 9.69 Å². The van der Waals surface area contributed by atoms with Crippen molar-refractivity contribution >= 4 is 18.3 Å². The van der Waals surface area contributed by atoms with Crippen LogP contribution in [0.5, 0.6) is 0 Å². The topological polar surface area (TPSA) is 35.6 Å². The van der Waals surface area contributed by atoms with Gasteiger partial charge < -0.3 is 10.2 Å². The third-order valence-electron chi connectivity index (χ3n) is 4.79. The first-order valence-electron chi connectivity index (χ1n) is 8.01. The van der Waals surface area contributed by atoms with Gasteiger partial charge in [0, 0.05) is 45.3 Å². The molecule has 2 aliphatic heterocycles. The highest BCUT2D eigenvalue weighted by molar-refractivity contribution is 5.85. The summed E-state index contributed by atoms with van der Waals surface area (Å²) in [5.74, 6) is 0.280. The van der Waals surface area contributed by atoms with Crippen LogP contribution in [0.2, 0.25) is 0 Å². The average Bonchev–Trinajstić information content (AvgIpc) is 3.00. The standard InChI is InChI=1S/C17H25N3O.ClH/c1-14-4-2-3-5-15(14)12-17(21)20-9-6-16(13-20)19-10-7-18-8-11-19;/h2-5,16,18H,6-13H2,1H3;1H. The van der Waals surface area contributed by atoms with E-state index < -0.39 is 0 Å². The number of nitrogens with one attached hydrogen (secondary N) is 1. The number of aryl methyl sites for hydroxylation is 1. The van der Waals surface area contributed by atoms with Gasteiger partial charge >= 0.3 is 0 Å². The van der Waals surface area contributed by atoms with Crippen LogP contribution in [-0.2, 0) is 11.2 Å². The molecule has 5 heteroatoms. The van der Waals surface area contributed by atoms with Gasteiger partial charge in [-0.2, -0.15) is 0 Å². The lowest BCUT2D eigenvalue weighted by atomic mass is 10.1. The van der Waals surface area contributed by atoms with Crippen LogP contribution in [0.15, 0.2) is 24.3 Å². The van der Waals surface area contributed by atoms with Crippen molar-refractivity contribution in [3.8, 4) is 0 Å². The molecule has 0 radical (unpaired) electrons. The van der Waals surface area contributed by atoms with E-state index in [4.69, 9.17) is 0 Å². The van der Waals surface area contributed by atoms with Crippen molar-refractivity contribution in [2.75, 3.05) is 39.3 Å². The van der Waals surface area contributed by atoms with E-state index in [0.717, 1.165) is 51.3 Å². The van der Waals surface area contributed by atoms with Crippen molar-refractivity contribution in [1.29, 1.82) is 0 Å². The smallest absolute Gasteiger partial charge is 0.227 e. The van der Waals surface area contributed by atoms with Crippen molar-refractivity contribution in [2.45, 2.75) is 25.8 Å². The molecule has 2 heterocycles. The Morgan fingerprint density at radius 1 is 1.23 bits per heavy atom. The van der Waals surface area contributed by atoms with E-state index in [9.17, 15) is 4.79 Å². The molecule has 122 valence electrons. The number of nitrogens with zero attached hydrogens (tertiary/aromatic N) is 2. The number of hydrogen-bond acceptors (Lipinski definition) is 3. The van der Waals surface area contributed by atoms with Crippen LogP contribution in [0.3, 0.4) is 0 Å². The lowest BCUT2D eigenvalue weighted by Crippen LogP contribution is -2.49. The van der Waals surface area contributed by atoms with Crippen molar-refractivity contribution in [2.24, 2.45) is 0 Å². The van der Waals surface area contributed by atoms with Gasteiger partial charge in [-0.25, -0.2) is 0 Å². The normalized spacial score (nSPS) is 22.4. The van der Waals surface area contributed by atoms with Gasteiger partial charge in [-0.05, 0) is 24.5 Å². The summed E-state index contributed by atoms with van der Waals surface area (Å²) in [5, 5.41) is 3.39. The molecular weight excluding hydrogens is 298 g/mol. The van der Waals surface area contributed by atoms with Gasteiger partial charge in [0.25, 0.3) is 0 Å². The number of benzene rings is 1. The monoisotopic (exact) mass is 323 g/mol. The number of likely N-dealkylation sites (tertiary alicyclic amines) is 1. The lowest BCUT2D eigenvalue weighted by Gasteiger charge is -2.32. The Bertz CT molecular complexity index is 502. The first kappa shape index (κ1) is 17.3. The molecule has 1 N–H and O–H groups in total. The molecule has 0 bridgehead atoms. The molecule has 1 atom stereocenters. The SMILES string of the molecule is Cc1ccccc1CC(=O)N1CCC(N2CCNCC2)C1.Cl. The molecule has 1 amide bonds. The van der Waals surface area contributed by atoms with Crippen molar-refractivity contribution in [3.63, 3.8) is 0 Å². The summed E-state index contributed by atoms with van der Waals surface area (Å²) in [7, 11) is 0. The van der Waals surface area contributed by atoms with Crippen LogP contribution in [0.25, 0.3) is 0 Å². The van der Waals surface area contributed by atoms with Gasteiger partial charge in [0.1, 0.15) is 0 Å². The summed E-state index contributed by atoms with van der Waals surface area (Å²) in [6.45, 7) is 8.29. The zero-order valence-corrected chi connectivity index (χ0v) is 14.1. The molecule has 1 aromatic carbocycles. The third kappa shape index (κ3) is 4.00. The minimum Gasteiger partial charge on any atom is -0.341 e. The van der Waals surface area contributed by atoms with Crippen LogP contribution >= 0.6 is 12.4 Å². The summed E-state index contributed by atoms with van der Waals surface area (Å²) in [5.41, 5.74) is 2.37. The van der Waals surface area contributed by atoms with E-state index in [2.05, 4.69) is 34.2 Å². The second-order valence-electron chi connectivity index (χ2n) is 6.17. The number of halogens is 1. The van der Waals surface area contributed by atoms with Gasteiger partial charge in [0.05, 0.1) is 6.42 Å². The van der Waals surface area contributed by atoms with Crippen molar-refractivity contribution in [3.05, 3.63) is 35.4 Å². The second-order valence-corrected chi connectivity index (χ2v) is 6.17. The highest BCUT2D eigenvalue weighted by Gasteiger charge is 2.30. The number of amides is 1. The molecule has 2 saturated heterocycles.